The first-order valence-electron chi connectivity index (χ1n) is 8.55. The number of carbonyl (C=O) groups excluding carboxylic acids is 3. The Balaban J connectivity index is 1.91. The van der Waals surface area contributed by atoms with Gasteiger partial charge in [0.25, 0.3) is 5.91 Å². The van der Waals surface area contributed by atoms with Crippen LogP contribution in [-0.4, -0.2) is 30.5 Å². The summed E-state index contributed by atoms with van der Waals surface area (Å²) in [6.07, 6.45) is -0.105. The van der Waals surface area contributed by atoms with E-state index in [4.69, 9.17) is 15.2 Å². The van der Waals surface area contributed by atoms with Crippen molar-refractivity contribution in [2.45, 2.75) is 26.4 Å². The Morgan fingerprint density at radius 3 is 2.15 bits per heavy atom. The Hall–Kier alpha value is -3.35. The average Bonchev–Trinajstić information content (AvgIpc) is 2.67. The van der Waals surface area contributed by atoms with E-state index in [1.54, 1.807) is 36.4 Å². The molecule has 0 saturated carbocycles. The van der Waals surface area contributed by atoms with Crippen LogP contribution in [0.25, 0.3) is 0 Å². The molecule has 27 heavy (non-hydrogen) atoms. The molecule has 2 rings (SSSR count). The van der Waals surface area contributed by atoms with Crippen molar-refractivity contribution in [3.63, 3.8) is 0 Å². The Bertz CT molecular complexity index is 800. The lowest BCUT2D eigenvalue weighted by Gasteiger charge is -2.14. The Labute approximate surface area is 157 Å². The molecular weight excluding hydrogens is 348 g/mol. The molecule has 0 radical (unpaired) electrons. The minimum Gasteiger partial charge on any atom is -0.494 e. The third kappa shape index (κ3) is 5.85. The highest BCUT2D eigenvalue weighted by Gasteiger charge is 2.19. The van der Waals surface area contributed by atoms with Crippen molar-refractivity contribution in [1.82, 2.24) is 0 Å². The van der Waals surface area contributed by atoms with Gasteiger partial charge in [0.2, 0.25) is 5.91 Å². The second-order valence-electron chi connectivity index (χ2n) is 5.85. The smallest absolute Gasteiger partial charge is 0.338 e. The molecule has 2 amide bonds. The topological polar surface area (TPSA) is 108 Å². The van der Waals surface area contributed by atoms with Gasteiger partial charge in [0.15, 0.2) is 6.10 Å². The number of anilines is 1. The number of amides is 2. The van der Waals surface area contributed by atoms with Gasteiger partial charge in [-0.05, 0) is 61.9 Å². The molecule has 7 heteroatoms. The molecule has 0 aliphatic carbocycles. The normalized spacial score (nSPS) is 11.3. The second-order valence-corrected chi connectivity index (χ2v) is 5.85. The Kier molecular flexibility index (Phi) is 6.93. The summed E-state index contributed by atoms with van der Waals surface area (Å²) in [5.74, 6) is -0.985. The maximum Gasteiger partial charge on any atom is 0.338 e. The van der Waals surface area contributed by atoms with Crippen molar-refractivity contribution in [3.05, 3.63) is 59.7 Å². The minimum absolute atomic E-state index is 0.323. The fourth-order valence-corrected chi connectivity index (χ4v) is 2.15. The van der Waals surface area contributed by atoms with Crippen LogP contribution < -0.4 is 15.8 Å². The number of hydrogen-bond donors (Lipinski definition) is 2. The van der Waals surface area contributed by atoms with E-state index >= 15 is 0 Å². The maximum atomic E-state index is 12.2. The highest BCUT2D eigenvalue weighted by molar-refractivity contribution is 5.98. The van der Waals surface area contributed by atoms with Gasteiger partial charge >= 0.3 is 5.97 Å². The van der Waals surface area contributed by atoms with Crippen LogP contribution in [-0.2, 0) is 9.53 Å². The molecular formula is C20H22N2O5. The van der Waals surface area contributed by atoms with Crippen LogP contribution in [0.15, 0.2) is 48.5 Å². The molecule has 3 N–H and O–H groups in total. The summed E-state index contributed by atoms with van der Waals surface area (Å²) in [7, 11) is 0. The summed E-state index contributed by atoms with van der Waals surface area (Å²) in [5, 5.41) is 2.61. The second kappa shape index (κ2) is 9.38. The van der Waals surface area contributed by atoms with E-state index in [0.717, 1.165) is 6.42 Å². The molecule has 0 aromatic heterocycles. The summed E-state index contributed by atoms with van der Waals surface area (Å²) < 4.78 is 10.6. The van der Waals surface area contributed by atoms with Gasteiger partial charge < -0.3 is 20.5 Å². The van der Waals surface area contributed by atoms with Crippen LogP contribution in [0.2, 0.25) is 0 Å². The molecule has 2 aromatic rings. The Morgan fingerprint density at radius 2 is 1.59 bits per heavy atom. The van der Waals surface area contributed by atoms with E-state index < -0.39 is 23.9 Å². The van der Waals surface area contributed by atoms with Gasteiger partial charge in [-0.2, -0.15) is 0 Å². The highest BCUT2D eigenvalue weighted by Crippen LogP contribution is 2.15. The number of esters is 1. The van der Waals surface area contributed by atoms with E-state index in [0.29, 0.717) is 29.2 Å². The first-order valence-corrected chi connectivity index (χ1v) is 8.55. The van der Waals surface area contributed by atoms with Crippen LogP contribution in [0.5, 0.6) is 5.75 Å². The van der Waals surface area contributed by atoms with Crippen molar-refractivity contribution in [3.8, 4) is 5.75 Å². The molecule has 7 nitrogen and oxygen atoms in total. The quantitative estimate of drug-likeness (QED) is 0.695. The molecule has 0 bridgehead atoms. The predicted molar refractivity (Wildman–Crippen MR) is 101 cm³/mol. The molecule has 0 fully saturated rings. The monoisotopic (exact) mass is 370 g/mol. The first kappa shape index (κ1) is 20.0. The van der Waals surface area contributed by atoms with E-state index in [1.165, 1.54) is 19.1 Å². The predicted octanol–water partition coefficient (Wildman–Crippen LogP) is 2.76. The summed E-state index contributed by atoms with van der Waals surface area (Å²) in [6.45, 7) is 4.08. The van der Waals surface area contributed by atoms with Crippen LogP contribution in [0.3, 0.4) is 0 Å². The lowest BCUT2D eigenvalue weighted by molar-refractivity contribution is -0.123. The lowest BCUT2D eigenvalue weighted by atomic mass is 10.2. The van der Waals surface area contributed by atoms with E-state index in [2.05, 4.69) is 5.32 Å². The summed E-state index contributed by atoms with van der Waals surface area (Å²) in [6, 6.07) is 12.6. The lowest BCUT2D eigenvalue weighted by Crippen LogP contribution is -2.30. The third-order valence-electron chi connectivity index (χ3n) is 3.65. The number of carbonyl (C=O) groups is 3. The number of hydrogen-bond acceptors (Lipinski definition) is 5. The Morgan fingerprint density at radius 1 is 1.00 bits per heavy atom. The fraction of sp³-hybridized carbons (Fsp3) is 0.250. The zero-order valence-corrected chi connectivity index (χ0v) is 15.2. The largest absolute Gasteiger partial charge is 0.494 e. The summed E-state index contributed by atoms with van der Waals surface area (Å²) >= 11 is 0. The molecule has 0 aliphatic heterocycles. The molecule has 0 saturated heterocycles. The molecule has 1 atom stereocenters. The van der Waals surface area contributed by atoms with Gasteiger partial charge in [-0.15, -0.1) is 0 Å². The maximum absolute atomic E-state index is 12.2. The van der Waals surface area contributed by atoms with Crippen molar-refractivity contribution in [2.75, 3.05) is 11.9 Å². The van der Waals surface area contributed by atoms with Crippen molar-refractivity contribution in [1.29, 1.82) is 0 Å². The van der Waals surface area contributed by atoms with Crippen LogP contribution in [0.4, 0.5) is 5.69 Å². The minimum atomic E-state index is -0.996. The van der Waals surface area contributed by atoms with E-state index in [9.17, 15) is 14.4 Å². The molecule has 0 aliphatic rings. The zero-order valence-electron chi connectivity index (χ0n) is 15.2. The number of ether oxygens (including phenoxy) is 2. The van der Waals surface area contributed by atoms with Crippen LogP contribution in [0.1, 0.15) is 41.0 Å². The average molecular weight is 370 g/mol. The molecule has 0 unspecified atom stereocenters. The third-order valence-corrected chi connectivity index (χ3v) is 3.65. The SMILES string of the molecule is CCCOc1ccc(C(=O)O[C@H](C)C(=O)Nc2ccc(C(N)=O)cc2)cc1. The van der Waals surface area contributed by atoms with Gasteiger partial charge in [0, 0.05) is 11.3 Å². The highest BCUT2D eigenvalue weighted by atomic mass is 16.5. The van der Waals surface area contributed by atoms with E-state index in [-0.39, 0.29) is 0 Å². The number of primary amides is 1. The van der Waals surface area contributed by atoms with Gasteiger partial charge in [-0.3, -0.25) is 9.59 Å². The number of nitrogens with one attached hydrogen (secondary N) is 1. The first-order chi connectivity index (χ1) is 12.9. The summed E-state index contributed by atoms with van der Waals surface area (Å²) in [5.41, 5.74) is 6.28. The van der Waals surface area contributed by atoms with Gasteiger partial charge in [0.1, 0.15) is 5.75 Å². The van der Waals surface area contributed by atoms with Crippen LogP contribution in [0, 0.1) is 0 Å². The van der Waals surface area contributed by atoms with Gasteiger partial charge in [-0.1, -0.05) is 6.92 Å². The van der Waals surface area contributed by atoms with Gasteiger partial charge in [-0.25, -0.2) is 4.79 Å². The van der Waals surface area contributed by atoms with Crippen molar-refractivity contribution >= 4 is 23.5 Å². The number of benzene rings is 2. The van der Waals surface area contributed by atoms with E-state index in [1.807, 2.05) is 6.92 Å². The van der Waals surface area contributed by atoms with Crippen LogP contribution >= 0.6 is 0 Å². The zero-order chi connectivity index (χ0) is 19.8. The molecule has 0 spiro atoms. The summed E-state index contributed by atoms with van der Waals surface area (Å²) in [4.78, 5) is 35.4. The molecule has 0 heterocycles. The number of rotatable bonds is 8. The fourth-order valence-electron chi connectivity index (χ4n) is 2.15. The molecule has 2 aromatic carbocycles. The van der Waals surface area contributed by atoms with Crippen molar-refractivity contribution < 1.29 is 23.9 Å². The molecule has 142 valence electrons. The van der Waals surface area contributed by atoms with Gasteiger partial charge in [0.05, 0.1) is 12.2 Å². The number of nitrogens with two attached hydrogens (primary N) is 1. The standard InChI is InChI=1S/C20H22N2O5/c1-3-12-26-17-10-6-15(7-11-17)20(25)27-13(2)19(24)22-16-8-4-14(5-9-16)18(21)23/h4-11,13H,3,12H2,1-2H3,(H2,21,23)(H,22,24)/t13-/m1/s1. The van der Waals surface area contributed by atoms with Crippen molar-refractivity contribution in [2.24, 2.45) is 5.73 Å².